The van der Waals surface area contributed by atoms with Gasteiger partial charge in [-0.05, 0) is 93.6 Å². The molecule has 13 heteroatoms. The first kappa shape index (κ1) is 40.9. The maximum atomic E-state index is 14.2. The number of hydrogen-bond acceptors (Lipinski definition) is 11. The number of methoxy groups -OCH3 is 2. The highest BCUT2D eigenvalue weighted by atomic mass is 19.3. The third-order valence-electron chi connectivity index (χ3n) is 11.9. The highest BCUT2D eigenvalue weighted by molar-refractivity contribution is 5.98. The average molecular weight is 793 g/mol. The van der Waals surface area contributed by atoms with Crippen LogP contribution >= 0.6 is 0 Å². The number of rotatable bonds is 15. The second kappa shape index (κ2) is 18.1. The second-order valence-corrected chi connectivity index (χ2v) is 15.6. The third-order valence-corrected chi connectivity index (χ3v) is 11.9. The summed E-state index contributed by atoms with van der Waals surface area (Å²) < 4.78 is 40.1. The molecule has 7 rings (SSSR count). The van der Waals surface area contributed by atoms with E-state index >= 15 is 0 Å². The first-order chi connectivity index (χ1) is 28.1. The van der Waals surface area contributed by atoms with Crippen LogP contribution in [0.4, 0.5) is 31.7 Å². The van der Waals surface area contributed by atoms with E-state index in [-0.39, 0.29) is 18.0 Å². The predicted molar refractivity (Wildman–Crippen MR) is 226 cm³/mol. The maximum absolute atomic E-state index is 14.2. The lowest BCUT2D eigenvalue weighted by molar-refractivity contribution is 0.0816. The van der Waals surface area contributed by atoms with Crippen molar-refractivity contribution in [2.45, 2.75) is 96.0 Å². The van der Waals surface area contributed by atoms with Crippen LogP contribution in [-0.4, -0.2) is 82.6 Å². The van der Waals surface area contributed by atoms with Crippen LogP contribution in [0.3, 0.4) is 0 Å². The molecule has 2 saturated carbocycles. The van der Waals surface area contributed by atoms with Crippen LogP contribution in [0.1, 0.15) is 85.9 Å². The zero-order valence-electron chi connectivity index (χ0n) is 34.0. The number of hydrogen-bond donors (Lipinski definition) is 4. The molecule has 0 saturated heterocycles. The summed E-state index contributed by atoms with van der Waals surface area (Å²) in [5, 5.41) is 25.8. The first-order valence-corrected chi connectivity index (χ1v) is 20.1. The van der Waals surface area contributed by atoms with Crippen molar-refractivity contribution in [3.8, 4) is 22.6 Å². The van der Waals surface area contributed by atoms with Gasteiger partial charge in [-0.15, -0.1) is 0 Å². The Balaban J connectivity index is 1.17. The van der Waals surface area contributed by atoms with Crippen molar-refractivity contribution >= 4 is 40.1 Å². The summed E-state index contributed by atoms with van der Waals surface area (Å²) in [7, 11) is 7.38. The van der Waals surface area contributed by atoms with Gasteiger partial charge in [0, 0.05) is 72.3 Å². The van der Waals surface area contributed by atoms with Crippen molar-refractivity contribution in [3.63, 3.8) is 0 Å². The molecule has 306 valence electrons. The molecule has 5 aromatic rings. The fraction of sp³-hybridized carbons (Fsp3) is 0.422. The molecular formula is C45H54F2N8O3. The second-order valence-electron chi connectivity index (χ2n) is 15.6. The summed E-state index contributed by atoms with van der Waals surface area (Å²) in [6.07, 6.45) is 8.68. The van der Waals surface area contributed by atoms with Gasteiger partial charge in [0.2, 0.25) is 0 Å². The molecule has 2 aliphatic carbocycles. The summed E-state index contributed by atoms with van der Waals surface area (Å²) in [5.74, 6) is 0.933. The zero-order chi connectivity index (χ0) is 40.9. The smallest absolute Gasteiger partial charge is 0.297 e. The quantitative estimate of drug-likeness (QED) is 0.0761. The number of aliphatic hydroxyl groups is 1. The zero-order valence-corrected chi connectivity index (χ0v) is 34.0. The summed E-state index contributed by atoms with van der Waals surface area (Å²) in [5.41, 5.74) is 7.79. The molecule has 2 unspecified atom stereocenters. The van der Waals surface area contributed by atoms with Crippen LogP contribution in [0.15, 0.2) is 60.8 Å². The number of ether oxygens (including phenoxy) is 2. The van der Waals surface area contributed by atoms with Crippen LogP contribution < -0.4 is 20.1 Å². The molecule has 0 aliphatic heterocycles. The molecule has 4 N–H and O–H groups in total. The minimum atomic E-state index is -2.86. The molecule has 0 radical (unpaired) electrons. The van der Waals surface area contributed by atoms with Crippen molar-refractivity contribution in [2.75, 3.05) is 38.9 Å². The monoisotopic (exact) mass is 792 g/mol. The van der Waals surface area contributed by atoms with Gasteiger partial charge in [0.05, 0.1) is 31.4 Å². The number of halogens is 2. The number of fused-ring (bicyclic) bond motifs is 1. The fourth-order valence-electron chi connectivity index (χ4n) is 8.71. The van der Waals surface area contributed by atoms with Crippen LogP contribution in [0.5, 0.6) is 11.5 Å². The van der Waals surface area contributed by atoms with E-state index in [2.05, 4.69) is 37.4 Å². The Bertz CT molecular complexity index is 2220. The van der Waals surface area contributed by atoms with E-state index < -0.39 is 12.2 Å². The Hall–Kier alpha value is -5.24. The number of benzene rings is 3. The molecule has 2 aliphatic rings. The van der Waals surface area contributed by atoms with Crippen molar-refractivity contribution < 1.29 is 23.4 Å². The molecular weight excluding hydrogens is 739 g/mol. The summed E-state index contributed by atoms with van der Waals surface area (Å²) >= 11 is 0. The number of pyridine rings is 1. The Labute approximate surface area is 339 Å². The van der Waals surface area contributed by atoms with Gasteiger partial charge >= 0.3 is 0 Å². The van der Waals surface area contributed by atoms with Gasteiger partial charge in [0.1, 0.15) is 17.0 Å². The number of nitrogens with zero attached hydrogens (tertiary/aromatic N) is 5. The van der Waals surface area contributed by atoms with E-state index in [1.807, 2.05) is 68.6 Å². The summed E-state index contributed by atoms with van der Waals surface area (Å²) in [6.45, 7) is 3.15. The van der Waals surface area contributed by atoms with E-state index in [1.54, 1.807) is 20.4 Å². The molecule has 2 aromatic heterocycles. The van der Waals surface area contributed by atoms with Gasteiger partial charge in [0.15, 0.2) is 11.6 Å². The molecule has 3 aromatic carbocycles. The molecule has 0 amide bonds. The van der Waals surface area contributed by atoms with Crippen LogP contribution in [-0.2, 0) is 13.1 Å². The number of aromatic nitrogens is 3. The topological polar surface area (TPSA) is 132 Å². The highest BCUT2D eigenvalue weighted by Crippen LogP contribution is 2.39. The number of aliphatic hydroxyl groups excluding tert-OH is 1. The maximum Gasteiger partial charge on any atom is 0.297 e. The Morgan fingerprint density at radius 3 is 2.22 bits per heavy atom. The largest absolute Gasteiger partial charge is 0.496 e. The molecule has 58 heavy (non-hydrogen) atoms. The van der Waals surface area contributed by atoms with Gasteiger partial charge in [-0.1, -0.05) is 43.5 Å². The first-order valence-electron chi connectivity index (χ1n) is 20.1. The summed E-state index contributed by atoms with van der Waals surface area (Å²) in [6, 6.07) is 17.8. The van der Waals surface area contributed by atoms with E-state index in [0.29, 0.717) is 58.6 Å². The average Bonchev–Trinajstić information content (AvgIpc) is 3.67. The number of likely N-dealkylation sites (N-methyl/N-ethyl adjacent to an activating group) is 1. The van der Waals surface area contributed by atoms with Crippen molar-refractivity contribution in [1.82, 2.24) is 24.8 Å². The van der Waals surface area contributed by atoms with Crippen molar-refractivity contribution in [1.29, 1.82) is 5.41 Å². The molecule has 11 nitrogen and oxygen atoms in total. The molecule has 2 heterocycles. The van der Waals surface area contributed by atoms with Gasteiger partial charge in [0.25, 0.3) is 6.43 Å². The number of nitrogens with one attached hydrogen (secondary N) is 3. The number of alkyl halides is 2. The normalized spacial score (nSPS) is 17.4. The van der Waals surface area contributed by atoms with Crippen molar-refractivity contribution in [3.05, 3.63) is 88.9 Å². The Morgan fingerprint density at radius 2 is 1.57 bits per heavy atom. The van der Waals surface area contributed by atoms with E-state index in [1.165, 1.54) is 25.5 Å². The molecule has 0 spiro atoms. The highest BCUT2D eigenvalue weighted by Gasteiger charge is 2.30. The van der Waals surface area contributed by atoms with E-state index in [9.17, 15) is 13.9 Å². The molecule has 2 atom stereocenters. The van der Waals surface area contributed by atoms with Crippen LogP contribution in [0.2, 0.25) is 0 Å². The summed E-state index contributed by atoms with van der Waals surface area (Å²) in [4.78, 5) is 17.7. The van der Waals surface area contributed by atoms with E-state index in [4.69, 9.17) is 19.9 Å². The van der Waals surface area contributed by atoms with Crippen molar-refractivity contribution in [2.24, 2.45) is 0 Å². The minimum Gasteiger partial charge on any atom is -0.496 e. The lowest BCUT2D eigenvalue weighted by Gasteiger charge is -2.31. The third kappa shape index (κ3) is 8.76. The minimum absolute atomic E-state index is 0.0746. The fourth-order valence-corrected chi connectivity index (χ4v) is 8.71. The van der Waals surface area contributed by atoms with Gasteiger partial charge in [-0.25, -0.2) is 18.7 Å². The van der Waals surface area contributed by atoms with Crippen LogP contribution in [0.25, 0.3) is 22.2 Å². The molecule has 0 bridgehead atoms. The lowest BCUT2D eigenvalue weighted by atomic mass is 9.94. The SMILES string of the molecule is COc1cc(Nc2cccc(-c3cccc(Nc4nc(C(F)F)nc5cc(CN(C)C6CCCCC6)cnc45)c3C)c2C=N)cc(OC)c1CN(C)C1CCCC1O. The van der Waals surface area contributed by atoms with Crippen LogP contribution in [0, 0.1) is 12.3 Å². The Kier molecular flexibility index (Phi) is 12.8. The van der Waals surface area contributed by atoms with E-state index in [0.717, 1.165) is 65.6 Å². The van der Waals surface area contributed by atoms with Gasteiger partial charge < -0.3 is 30.6 Å². The molecule has 2 fully saturated rings. The van der Waals surface area contributed by atoms with Gasteiger partial charge in [-0.3, -0.25) is 14.8 Å². The number of anilines is 4. The van der Waals surface area contributed by atoms with Gasteiger partial charge in [-0.2, -0.15) is 0 Å². The standard InChI is InChI=1S/C45H54F2N8O3/c1-27-31(14-9-16-35(27)51-44-42-37(52-45(53-44)43(46)47)20-28(24-49-42)25-54(2)30-12-7-6-8-13-30)32-15-10-17-36(33(32)23-48)50-29-21-40(57-4)34(41(22-29)58-5)26-55(3)38-18-11-19-39(38)56/h9-10,14-17,20-24,30,38-39,43,48,50,56H,6-8,11-13,18-19,25-26H2,1-5H3,(H,51,52,53). The lowest BCUT2D eigenvalue weighted by Crippen LogP contribution is -2.37. The predicted octanol–water partition coefficient (Wildman–Crippen LogP) is 9.55. The Morgan fingerprint density at radius 1 is 0.862 bits per heavy atom.